The van der Waals surface area contributed by atoms with E-state index in [4.69, 9.17) is 12.2 Å². The van der Waals surface area contributed by atoms with Crippen molar-refractivity contribution in [3.05, 3.63) is 33.8 Å². The highest BCUT2D eigenvalue weighted by molar-refractivity contribution is 7.73. The third-order valence-corrected chi connectivity index (χ3v) is 3.44. The Kier molecular flexibility index (Phi) is 3.31. The van der Waals surface area contributed by atoms with Gasteiger partial charge in [-0.2, -0.15) is 0 Å². The van der Waals surface area contributed by atoms with Crippen LogP contribution in [0.2, 0.25) is 0 Å². The van der Waals surface area contributed by atoms with Crippen LogP contribution in [-0.2, 0) is 5.41 Å². The van der Waals surface area contributed by atoms with Gasteiger partial charge in [0.05, 0.1) is 0 Å². The van der Waals surface area contributed by atoms with Crippen LogP contribution in [0.1, 0.15) is 26.3 Å². The predicted molar refractivity (Wildman–Crippen MR) is 75.7 cm³/mol. The van der Waals surface area contributed by atoms with Gasteiger partial charge in [-0.05, 0) is 35.3 Å². The molecule has 0 bridgehead atoms. The standard InChI is InChI=1S/C12H15N3S2/c1-12(2,3)8-4-6-9(7-5-8)13-10-14-15-11(16)17-10/h4-7H,1-3H3,(H,13,14)(H,15,16). The van der Waals surface area contributed by atoms with E-state index in [2.05, 4.69) is 60.6 Å². The van der Waals surface area contributed by atoms with Crippen molar-refractivity contribution in [1.82, 2.24) is 10.2 Å². The topological polar surface area (TPSA) is 40.7 Å². The summed E-state index contributed by atoms with van der Waals surface area (Å²) in [5.74, 6) is 0. The van der Waals surface area contributed by atoms with Crippen LogP contribution in [-0.4, -0.2) is 10.2 Å². The van der Waals surface area contributed by atoms with E-state index in [-0.39, 0.29) is 5.41 Å². The molecule has 0 aliphatic carbocycles. The minimum absolute atomic E-state index is 0.182. The molecule has 0 aliphatic rings. The molecule has 0 fully saturated rings. The first kappa shape index (κ1) is 12.3. The second-order valence-electron chi connectivity index (χ2n) is 4.87. The zero-order valence-electron chi connectivity index (χ0n) is 10.1. The summed E-state index contributed by atoms with van der Waals surface area (Å²) in [5.41, 5.74) is 2.52. The molecule has 0 amide bonds. The molecule has 0 unspecified atom stereocenters. The summed E-state index contributed by atoms with van der Waals surface area (Å²) >= 11 is 6.41. The van der Waals surface area contributed by atoms with Crippen molar-refractivity contribution in [3.8, 4) is 0 Å². The Labute approximate surface area is 110 Å². The molecule has 0 atom stereocenters. The van der Waals surface area contributed by atoms with Gasteiger partial charge in [-0.25, -0.2) is 0 Å². The lowest BCUT2D eigenvalue weighted by Crippen LogP contribution is -2.10. The average Bonchev–Trinajstić information content (AvgIpc) is 2.63. The van der Waals surface area contributed by atoms with Crippen LogP contribution in [0.15, 0.2) is 24.3 Å². The number of rotatable bonds is 2. The number of hydrogen-bond donors (Lipinski definition) is 2. The van der Waals surface area contributed by atoms with Crippen LogP contribution in [0.25, 0.3) is 0 Å². The summed E-state index contributed by atoms with van der Waals surface area (Å²) in [4.78, 5) is 0. The van der Waals surface area contributed by atoms with Gasteiger partial charge >= 0.3 is 0 Å². The third kappa shape index (κ3) is 3.14. The first-order valence-electron chi connectivity index (χ1n) is 5.38. The molecule has 2 rings (SSSR count). The van der Waals surface area contributed by atoms with Crippen LogP contribution >= 0.6 is 23.6 Å². The quantitative estimate of drug-likeness (QED) is 0.798. The molecule has 2 N–H and O–H groups in total. The maximum Gasteiger partial charge on any atom is 0.208 e. The average molecular weight is 265 g/mol. The van der Waals surface area contributed by atoms with Crippen molar-refractivity contribution in [1.29, 1.82) is 0 Å². The largest absolute Gasteiger partial charge is 0.330 e. The number of aromatic amines is 1. The second kappa shape index (κ2) is 4.58. The summed E-state index contributed by atoms with van der Waals surface area (Å²) in [6.07, 6.45) is 0. The van der Waals surface area contributed by atoms with Gasteiger partial charge in [0.1, 0.15) is 0 Å². The smallest absolute Gasteiger partial charge is 0.208 e. The molecule has 0 spiro atoms. The molecule has 1 heterocycles. The van der Waals surface area contributed by atoms with E-state index in [0.717, 1.165) is 10.8 Å². The third-order valence-electron chi connectivity index (χ3n) is 2.44. The Morgan fingerprint density at radius 1 is 1.24 bits per heavy atom. The lowest BCUT2D eigenvalue weighted by atomic mass is 9.87. The fourth-order valence-electron chi connectivity index (χ4n) is 1.46. The highest BCUT2D eigenvalue weighted by atomic mass is 32.1. The molecular weight excluding hydrogens is 250 g/mol. The Bertz CT molecular complexity index is 546. The minimum Gasteiger partial charge on any atom is -0.330 e. The maximum atomic E-state index is 4.98. The molecule has 0 aliphatic heterocycles. The van der Waals surface area contributed by atoms with Crippen molar-refractivity contribution in [3.63, 3.8) is 0 Å². The Balaban J connectivity index is 2.16. The second-order valence-corrected chi connectivity index (χ2v) is 6.54. The molecule has 5 heteroatoms. The van der Waals surface area contributed by atoms with Crippen LogP contribution < -0.4 is 5.32 Å². The number of H-pyrrole nitrogens is 1. The molecular formula is C12H15N3S2. The van der Waals surface area contributed by atoms with Crippen molar-refractivity contribution >= 4 is 34.4 Å². The first-order valence-corrected chi connectivity index (χ1v) is 6.61. The number of nitrogens with one attached hydrogen (secondary N) is 2. The van der Waals surface area contributed by atoms with E-state index in [1.54, 1.807) is 0 Å². The molecule has 90 valence electrons. The first-order chi connectivity index (χ1) is 7.95. The Morgan fingerprint density at radius 3 is 2.35 bits per heavy atom. The number of nitrogens with zero attached hydrogens (tertiary/aromatic N) is 1. The van der Waals surface area contributed by atoms with Crippen molar-refractivity contribution in [2.75, 3.05) is 5.32 Å². The van der Waals surface area contributed by atoms with Gasteiger partial charge in [-0.3, -0.25) is 5.10 Å². The fourth-order valence-corrected chi connectivity index (χ4v) is 2.27. The number of benzene rings is 1. The molecule has 17 heavy (non-hydrogen) atoms. The van der Waals surface area contributed by atoms with E-state index in [1.807, 2.05) is 0 Å². The summed E-state index contributed by atoms with van der Waals surface area (Å²) in [5, 5.41) is 10.8. The fraction of sp³-hybridized carbons (Fsp3) is 0.333. The lowest BCUT2D eigenvalue weighted by molar-refractivity contribution is 0.590. The highest BCUT2D eigenvalue weighted by Crippen LogP contribution is 2.25. The van der Waals surface area contributed by atoms with Gasteiger partial charge < -0.3 is 5.32 Å². The Morgan fingerprint density at radius 2 is 1.88 bits per heavy atom. The number of aromatic nitrogens is 2. The van der Waals surface area contributed by atoms with Crippen LogP contribution in [0.5, 0.6) is 0 Å². The van der Waals surface area contributed by atoms with E-state index in [0.29, 0.717) is 3.95 Å². The summed E-state index contributed by atoms with van der Waals surface area (Å²) < 4.78 is 0.679. The summed E-state index contributed by atoms with van der Waals surface area (Å²) in [7, 11) is 0. The van der Waals surface area contributed by atoms with Gasteiger partial charge in [0.15, 0.2) is 3.95 Å². The van der Waals surface area contributed by atoms with Gasteiger partial charge in [-0.1, -0.05) is 44.2 Å². The lowest BCUT2D eigenvalue weighted by Gasteiger charge is -2.19. The van der Waals surface area contributed by atoms with Gasteiger partial charge in [0.25, 0.3) is 0 Å². The van der Waals surface area contributed by atoms with E-state index < -0.39 is 0 Å². The monoisotopic (exact) mass is 265 g/mol. The maximum absolute atomic E-state index is 4.98. The highest BCUT2D eigenvalue weighted by Gasteiger charge is 2.12. The van der Waals surface area contributed by atoms with Crippen molar-refractivity contribution in [2.24, 2.45) is 0 Å². The number of anilines is 2. The summed E-state index contributed by atoms with van der Waals surface area (Å²) in [6, 6.07) is 8.39. The molecule has 0 radical (unpaired) electrons. The molecule has 3 nitrogen and oxygen atoms in total. The summed E-state index contributed by atoms with van der Waals surface area (Å²) in [6.45, 7) is 6.61. The normalized spacial score (nSPS) is 11.5. The van der Waals surface area contributed by atoms with Gasteiger partial charge in [0, 0.05) is 5.69 Å². The zero-order valence-corrected chi connectivity index (χ0v) is 11.7. The van der Waals surface area contributed by atoms with Crippen LogP contribution in [0.3, 0.4) is 0 Å². The molecule has 1 aromatic carbocycles. The van der Waals surface area contributed by atoms with Gasteiger partial charge in [0.2, 0.25) is 5.13 Å². The van der Waals surface area contributed by atoms with E-state index in [1.165, 1.54) is 16.9 Å². The molecule has 2 aromatic rings. The van der Waals surface area contributed by atoms with Crippen molar-refractivity contribution in [2.45, 2.75) is 26.2 Å². The SMILES string of the molecule is CC(C)(C)c1ccc(Nc2n[nH]c(=S)s2)cc1. The van der Waals surface area contributed by atoms with Crippen LogP contribution in [0.4, 0.5) is 10.8 Å². The van der Waals surface area contributed by atoms with E-state index in [9.17, 15) is 0 Å². The molecule has 0 saturated carbocycles. The van der Waals surface area contributed by atoms with Crippen LogP contribution in [0, 0.1) is 3.95 Å². The molecule has 1 aromatic heterocycles. The van der Waals surface area contributed by atoms with Gasteiger partial charge in [-0.15, -0.1) is 5.10 Å². The predicted octanol–water partition coefficient (Wildman–Crippen LogP) is 4.24. The van der Waals surface area contributed by atoms with Crippen molar-refractivity contribution < 1.29 is 0 Å². The zero-order chi connectivity index (χ0) is 12.5. The number of hydrogen-bond acceptors (Lipinski definition) is 4. The van der Waals surface area contributed by atoms with E-state index >= 15 is 0 Å². The molecule has 0 saturated heterocycles. The minimum atomic E-state index is 0.182. The Hall–Kier alpha value is -1.20.